The van der Waals surface area contributed by atoms with E-state index >= 15 is 0 Å². The van der Waals surface area contributed by atoms with E-state index in [9.17, 15) is 0 Å². The molecule has 0 spiro atoms. The molecule has 12 heavy (non-hydrogen) atoms. The van der Waals surface area contributed by atoms with Crippen LogP contribution in [0.4, 0.5) is 0 Å². The van der Waals surface area contributed by atoms with Crippen molar-refractivity contribution in [3.05, 3.63) is 40.5 Å². The molecule has 0 aromatic carbocycles. The van der Waals surface area contributed by atoms with E-state index in [4.69, 9.17) is 10.6 Å². The molecule has 5 nitrogen and oxygen atoms in total. The summed E-state index contributed by atoms with van der Waals surface area (Å²) in [7, 11) is 0. The summed E-state index contributed by atoms with van der Waals surface area (Å²) < 4.78 is 0. The van der Waals surface area contributed by atoms with Crippen LogP contribution in [0.1, 0.15) is 11.6 Å². The van der Waals surface area contributed by atoms with Crippen LogP contribution in [0.3, 0.4) is 0 Å². The molecule has 0 bridgehead atoms. The average molecular weight is 164 g/mol. The van der Waals surface area contributed by atoms with Crippen molar-refractivity contribution >= 4 is 0 Å². The molecule has 0 saturated carbocycles. The van der Waals surface area contributed by atoms with Crippen LogP contribution in [-0.4, -0.2) is 16.7 Å². The highest BCUT2D eigenvalue weighted by Gasteiger charge is 2.05. The standard InChI is InChI=1S/C7H8N4O/c8-11-10-7(5-12)6-1-3-9-4-2-6/h1-4,7,12H,5H2. The number of aliphatic hydroxyl groups excluding tert-OH is 1. The lowest BCUT2D eigenvalue weighted by molar-refractivity contribution is 0.268. The van der Waals surface area contributed by atoms with Gasteiger partial charge in [-0.15, -0.1) is 0 Å². The minimum atomic E-state index is -0.502. The van der Waals surface area contributed by atoms with Gasteiger partial charge in [-0.1, -0.05) is 5.11 Å². The van der Waals surface area contributed by atoms with Gasteiger partial charge in [-0.25, -0.2) is 0 Å². The molecule has 0 aliphatic heterocycles. The number of pyridine rings is 1. The molecule has 1 aromatic heterocycles. The maximum absolute atomic E-state index is 8.83. The van der Waals surface area contributed by atoms with E-state index in [2.05, 4.69) is 15.0 Å². The molecule has 1 atom stereocenters. The first-order valence-corrected chi connectivity index (χ1v) is 3.43. The third-order valence-corrected chi connectivity index (χ3v) is 1.45. The molecule has 1 N–H and O–H groups in total. The van der Waals surface area contributed by atoms with Crippen LogP contribution in [0, 0.1) is 0 Å². The Labute approximate surface area is 69.3 Å². The van der Waals surface area contributed by atoms with Gasteiger partial charge in [0.05, 0.1) is 12.6 Å². The third-order valence-electron chi connectivity index (χ3n) is 1.45. The first kappa shape index (κ1) is 8.52. The van der Waals surface area contributed by atoms with E-state index in [1.807, 2.05) is 0 Å². The Morgan fingerprint density at radius 3 is 2.75 bits per heavy atom. The number of hydrogen-bond donors (Lipinski definition) is 1. The largest absolute Gasteiger partial charge is 0.396 e. The topological polar surface area (TPSA) is 81.9 Å². The molecule has 5 heteroatoms. The SMILES string of the molecule is [N-]=[N+]=NC(CO)c1ccncc1. The van der Waals surface area contributed by atoms with E-state index in [0.717, 1.165) is 5.56 Å². The van der Waals surface area contributed by atoms with Gasteiger partial charge in [0, 0.05) is 17.3 Å². The summed E-state index contributed by atoms with van der Waals surface area (Å²) >= 11 is 0. The molecule has 0 radical (unpaired) electrons. The fraction of sp³-hybridized carbons (Fsp3) is 0.286. The van der Waals surface area contributed by atoms with Crippen molar-refractivity contribution in [3.8, 4) is 0 Å². The molecular weight excluding hydrogens is 156 g/mol. The Morgan fingerprint density at radius 2 is 2.25 bits per heavy atom. The highest BCUT2D eigenvalue weighted by molar-refractivity contribution is 5.14. The zero-order valence-corrected chi connectivity index (χ0v) is 6.33. The van der Waals surface area contributed by atoms with Crippen LogP contribution in [0.25, 0.3) is 10.4 Å². The van der Waals surface area contributed by atoms with Gasteiger partial charge in [-0.2, -0.15) is 0 Å². The number of rotatable bonds is 3. The summed E-state index contributed by atoms with van der Waals surface area (Å²) in [6.45, 7) is -0.186. The van der Waals surface area contributed by atoms with Gasteiger partial charge in [0.2, 0.25) is 0 Å². The van der Waals surface area contributed by atoms with E-state index < -0.39 is 6.04 Å². The van der Waals surface area contributed by atoms with Gasteiger partial charge in [-0.3, -0.25) is 4.98 Å². The maximum Gasteiger partial charge on any atom is 0.0857 e. The lowest BCUT2D eigenvalue weighted by atomic mass is 10.1. The van der Waals surface area contributed by atoms with Crippen molar-refractivity contribution in [1.29, 1.82) is 0 Å². The zero-order valence-electron chi connectivity index (χ0n) is 6.33. The highest BCUT2D eigenvalue weighted by Crippen LogP contribution is 2.14. The van der Waals surface area contributed by atoms with Crippen LogP contribution in [0.5, 0.6) is 0 Å². The van der Waals surface area contributed by atoms with Crippen molar-refractivity contribution in [2.24, 2.45) is 5.11 Å². The summed E-state index contributed by atoms with van der Waals surface area (Å²) in [5.74, 6) is 0. The lowest BCUT2D eigenvalue weighted by Gasteiger charge is -2.05. The molecule has 0 amide bonds. The Kier molecular flexibility index (Phi) is 3.07. The predicted octanol–water partition coefficient (Wildman–Crippen LogP) is 1.43. The third kappa shape index (κ3) is 1.95. The van der Waals surface area contributed by atoms with E-state index in [1.165, 1.54) is 0 Å². The van der Waals surface area contributed by atoms with Crippen LogP contribution in [0.2, 0.25) is 0 Å². The van der Waals surface area contributed by atoms with Crippen LogP contribution >= 0.6 is 0 Å². The van der Waals surface area contributed by atoms with E-state index in [1.54, 1.807) is 24.5 Å². The Hall–Kier alpha value is -1.58. The second kappa shape index (κ2) is 4.33. The number of hydrogen-bond acceptors (Lipinski definition) is 3. The van der Waals surface area contributed by atoms with Crippen LogP contribution in [0.15, 0.2) is 29.6 Å². The monoisotopic (exact) mass is 164 g/mol. The van der Waals surface area contributed by atoms with E-state index in [-0.39, 0.29) is 6.61 Å². The fourth-order valence-electron chi connectivity index (χ4n) is 0.857. The highest BCUT2D eigenvalue weighted by atomic mass is 16.3. The average Bonchev–Trinajstić information content (AvgIpc) is 2.15. The second-order valence-corrected chi connectivity index (χ2v) is 2.18. The van der Waals surface area contributed by atoms with Gasteiger partial charge < -0.3 is 5.11 Å². The minimum Gasteiger partial charge on any atom is -0.396 e. The van der Waals surface area contributed by atoms with Crippen molar-refractivity contribution in [2.45, 2.75) is 6.04 Å². The van der Waals surface area contributed by atoms with Crippen LogP contribution in [-0.2, 0) is 0 Å². The second-order valence-electron chi connectivity index (χ2n) is 2.18. The summed E-state index contributed by atoms with van der Waals surface area (Å²) in [5.41, 5.74) is 8.93. The number of aromatic nitrogens is 1. The molecule has 1 aromatic rings. The van der Waals surface area contributed by atoms with Crippen LogP contribution < -0.4 is 0 Å². The van der Waals surface area contributed by atoms with Gasteiger partial charge in [0.15, 0.2) is 0 Å². The first-order chi connectivity index (χ1) is 5.88. The molecule has 0 saturated heterocycles. The number of nitrogens with zero attached hydrogens (tertiary/aromatic N) is 4. The lowest BCUT2D eigenvalue weighted by Crippen LogP contribution is -1.99. The van der Waals surface area contributed by atoms with Gasteiger partial charge in [0.1, 0.15) is 0 Å². The van der Waals surface area contributed by atoms with Crippen molar-refractivity contribution in [2.75, 3.05) is 6.61 Å². The van der Waals surface area contributed by atoms with Gasteiger partial charge in [-0.05, 0) is 23.2 Å². The van der Waals surface area contributed by atoms with Crippen molar-refractivity contribution in [3.63, 3.8) is 0 Å². The van der Waals surface area contributed by atoms with Gasteiger partial charge >= 0.3 is 0 Å². The molecule has 0 aliphatic carbocycles. The van der Waals surface area contributed by atoms with Gasteiger partial charge in [0.25, 0.3) is 0 Å². The first-order valence-electron chi connectivity index (χ1n) is 3.43. The smallest absolute Gasteiger partial charge is 0.0857 e. The summed E-state index contributed by atoms with van der Waals surface area (Å²) in [6.07, 6.45) is 3.18. The zero-order chi connectivity index (χ0) is 8.81. The molecule has 0 fully saturated rings. The van der Waals surface area contributed by atoms with E-state index in [0.29, 0.717) is 0 Å². The fourth-order valence-corrected chi connectivity index (χ4v) is 0.857. The molecular formula is C7H8N4O. The Morgan fingerprint density at radius 1 is 1.58 bits per heavy atom. The normalized spacial score (nSPS) is 11.8. The molecule has 1 heterocycles. The Balaban J connectivity index is 2.87. The summed E-state index contributed by atoms with van der Waals surface area (Å²) in [5, 5.41) is 12.2. The van der Waals surface area contributed by atoms with Crippen molar-refractivity contribution in [1.82, 2.24) is 4.98 Å². The minimum absolute atomic E-state index is 0.186. The molecule has 0 aliphatic rings. The quantitative estimate of drug-likeness (QED) is 0.416. The molecule has 1 unspecified atom stereocenters. The molecule has 62 valence electrons. The predicted molar refractivity (Wildman–Crippen MR) is 43.2 cm³/mol. The number of aliphatic hydroxyl groups is 1. The summed E-state index contributed by atoms with van der Waals surface area (Å²) in [4.78, 5) is 6.43. The molecule has 1 rings (SSSR count). The van der Waals surface area contributed by atoms with Crippen molar-refractivity contribution < 1.29 is 5.11 Å². The number of azide groups is 1. The maximum atomic E-state index is 8.83. The summed E-state index contributed by atoms with van der Waals surface area (Å²) in [6, 6.07) is 2.91. The Bertz CT molecular complexity index is 281.